The third-order valence-electron chi connectivity index (χ3n) is 6.54. The fraction of sp³-hybridized carbons (Fsp3) is 0.750. The number of piperidine rings is 1. The lowest BCUT2D eigenvalue weighted by molar-refractivity contribution is -0.141. The molecule has 1 N–H and O–H groups in total. The van der Waals surface area contributed by atoms with E-state index in [1.54, 1.807) is 11.2 Å². The molecule has 1 aromatic rings. The number of methoxy groups -OCH3 is 1. The number of rotatable bonds is 6. The fourth-order valence-corrected chi connectivity index (χ4v) is 4.61. The number of amides is 2. The van der Waals surface area contributed by atoms with Gasteiger partial charge in [-0.2, -0.15) is 0 Å². The first-order valence-electron chi connectivity index (χ1n) is 12.0. The van der Waals surface area contributed by atoms with E-state index in [2.05, 4.69) is 10.3 Å². The van der Waals surface area contributed by atoms with E-state index in [9.17, 15) is 14.4 Å². The van der Waals surface area contributed by atoms with E-state index in [1.807, 2.05) is 31.5 Å². The minimum atomic E-state index is -0.497. The van der Waals surface area contributed by atoms with Crippen molar-refractivity contribution in [3.05, 3.63) is 18.2 Å². The van der Waals surface area contributed by atoms with Gasteiger partial charge in [-0.3, -0.25) is 9.59 Å². The summed E-state index contributed by atoms with van der Waals surface area (Å²) in [5, 5.41) is 3.12. The number of esters is 1. The predicted octanol–water partition coefficient (Wildman–Crippen LogP) is 3.70. The second kappa shape index (κ2) is 11.0. The summed E-state index contributed by atoms with van der Waals surface area (Å²) in [5.74, 6) is 0.220. The van der Waals surface area contributed by atoms with Crippen molar-refractivity contribution in [2.75, 3.05) is 20.2 Å². The Balaban J connectivity index is 1.42. The highest BCUT2D eigenvalue weighted by molar-refractivity contribution is 5.92. The van der Waals surface area contributed by atoms with E-state index in [4.69, 9.17) is 9.47 Å². The molecule has 0 atom stereocenters. The van der Waals surface area contributed by atoms with Crippen LogP contribution in [0.4, 0.5) is 4.79 Å². The topological polar surface area (TPSA) is 103 Å². The lowest BCUT2D eigenvalue weighted by atomic mass is 9.83. The number of aromatic nitrogens is 2. The van der Waals surface area contributed by atoms with Crippen molar-refractivity contribution in [2.45, 2.75) is 89.8 Å². The van der Waals surface area contributed by atoms with Crippen molar-refractivity contribution in [3.63, 3.8) is 0 Å². The Morgan fingerprint density at radius 2 is 1.76 bits per heavy atom. The van der Waals surface area contributed by atoms with Crippen molar-refractivity contribution in [1.29, 1.82) is 0 Å². The van der Waals surface area contributed by atoms with E-state index in [-0.39, 0.29) is 30.1 Å². The van der Waals surface area contributed by atoms with Crippen LogP contribution < -0.4 is 5.32 Å². The number of nitrogens with zero attached hydrogens (tertiary/aromatic N) is 3. The average Bonchev–Trinajstić information content (AvgIpc) is 3.28. The van der Waals surface area contributed by atoms with Crippen LogP contribution in [0.25, 0.3) is 0 Å². The van der Waals surface area contributed by atoms with Crippen molar-refractivity contribution < 1.29 is 23.9 Å². The molecule has 0 unspecified atom stereocenters. The molecule has 0 spiro atoms. The van der Waals surface area contributed by atoms with Gasteiger partial charge >= 0.3 is 12.1 Å². The van der Waals surface area contributed by atoms with Gasteiger partial charge in [0.1, 0.15) is 11.3 Å². The summed E-state index contributed by atoms with van der Waals surface area (Å²) in [4.78, 5) is 42.3. The number of hydrogen-bond acceptors (Lipinski definition) is 6. The molecule has 2 fully saturated rings. The zero-order valence-corrected chi connectivity index (χ0v) is 20.3. The first kappa shape index (κ1) is 25.1. The van der Waals surface area contributed by atoms with Crippen LogP contribution in [0, 0.1) is 5.92 Å². The molecule has 0 radical (unpaired) electrons. The summed E-state index contributed by atoms with van der Waals surface area (Å²) < 4.78 is 12.2. The van der Waals surface area contributed by atoms with Crippen LogP contribution in [-0.2, 0) is 14.3 Å². The summed E-state index contributed by atoms with van der Waals surface area (Å²) in [6.07, 6.45) is 10.0. The molecule has 2 heterocycles. The van der Waals surface area contributed by atoms with Gasteiger partial charge < -0.3 is 24.3 Å². The second-order valence-electron chi connectivity index (χ2n) is 10.2. The van der Waals surface area contributed by atoms with Crippen LogP contribution in [-0.4, -0.2) is 64.3 Å². The zero-order chi connectivity index (χ0) is 24.0. The Morgan fingerprint density at radius 1 is 1.09 bits per heavy atom. The molecule has 1 aromatic heterocycles. The van der Waals surface area contributed by atoms with Gasteiger partial charge in [0.05, 0.1) is 13.4 Å². The number of ether oxygens (including phenoxy) is 2. The molecule has 1 saturated heterocycles. The van der Waals surface area contributed by atoms with Gasteiger partial charge in [-0.1, -0.05) is 0 Å². The van der Waals surface area contributed by atoms with Crippen molar-refractivity contribution >= 4 is 18.0 Å². The highest BCUT2D eigenvalue weighted by Crippen LogP contribution is 2.28. The molecule has 33 heavy (non-hydrogen) atoms. The predicted molar refractivity (Wildman–Crippen MR) is 123 cm³/mol. The van der Waals surface area contributed by atoms with Gasteiger partial charge in [-0.25, -0.2) is 9.78 Å². The molecule has 184 valence electrons. The molecular weight excluding hydrogens is 424 g/mol. The molecule has 0 bridgehead atoms. The molecule has 0 aromatic carbocycles. The SMILES string of the molecule is COC(=O)CC[C@H]1CC[C@H](NC(=O)c2cn(C3CCN(C(=O)OC(C)(C)C)CC3)cn2)CC1. The first-order chi connectivity index (χ1) is 15.6. The Labute approximate surface area is 196 Å². The average molecular weight is 463 g/mol. The maximum absolute atomic E-state index is 12.7. The highest BCUT2D eigenvalue weighted by atomic mass is 16.6. The monoisotopic (exact) mass is 462 g/mol. The largest absolute Gasteiger partial charge is 0.469 e. The van der Waals surface area contributed by atoms with Crippen molar-refractivity contribution in [2.24, 2.45) is 5.92 Å². The lowest BCUT2D eigenvalue weighted by Crippen LogP contribution is -2.42. The number of carbonyl (C=O) groups is 3. The quantitative estimate of drug-likeness (QED) is 0.647. The van der Waals surface area contributed by atoms with Gasteiger partial charge in [0.25, 0.3) is 5.91 Å². The van der Waals surface area contributed by atoms with Crippen LogP contribution in [0.1, 0.15) is 88.7 Å². The lowest BCUT2D eigenvalue weighted by Gasteiger charge is -2.33. The standard InChI is InChI=1S/C24H38N4O5/c1-24(2,3)33-23(31)27-13-11-19(12-14-27)28-15-20(25-16-28)22(30)26-18-8-5-17(6-9-18)7-10-21(29)32-4/h15-19H,5-14H2,1-4H3,(H,26,30)/t17-,18-. The van der Waals surface area contributed by atoms with Gasteiger partial charge in [0.2, 0.25) is 0 Å². The van der Waals surface area contributed by atoms with Gasteiger partial charge in [0.15, 0.2) is 0 Å². The molecule has 1 saturated carbocycles. The molecule has 2 amide bonds. The minimum absolute atomic E-state index is 0.141. The van der Waals surface area contributed by atoms with E-state index in [0.717, 1.165) is 44.9 Å². The summed E-state index contributed by atoms with van der Waals surface area (Å²) >= 11 is 0. The van der Waals surface area contributed by atoms with Gasteiger partial charge in [0, 0.05) is 37.8 Å². The van der Waals surface area contributed by atoms with Crippen molar-refractivity contribution in [1.82, 2.24) is 19.8 Å². The first-order valence-corrected chi connectivity index (χ1v) is 12.0. The smallest absolute Gasteiger partial charge is 0.410 e. The zero-order valence-electron chi connectivity index (χ0n) is 20.3. The second-order valence-corrected chi connectivity index (χ2v) is 10.2. The minimum Gasteiger partial charge on any atom is -0.469 e. The number of hydrogen-bond donors (Lipinski definition) is 1. The number of nitrogens with one attached hydrogen (secondary N) is 1. The van der Waals surface area contributed by atoms with Gasteiger partial charge in [-0.05, 0) is 71.6 Å². The maximum atomic E-state index is 12.7. The summed E-state index contributed by atoms with van der Waals surface area (Å²) in [6.45, 7) is 6.85. The number of likely N-dealkylation sites (tertiary alicyclic amines) is 1. The molecule has 3 rings (SSSR count). The Kier molecular flexibility index (Phi) is 8.37. The molecule has 9 nitrogen and oxygen atoms in total. The number of carbonyl (C=O) groups excluding carboxylic acids is 3. The molecule has 2 aliphatic rings. The number of imidazole rings is 1. The van der Waals surface area contributed by atoms with Crippen LogP contribution in [0.2, 0.25) is 0 Å². The molecule has 1 aliphatic carbocycles. The summed E-state index contributed by atoms with van der Waals surface area (Å²) in [7, 11) is 1.42. The van der Waals surface area contributed by atoms with E-state index in [1.165, 1.54) is 7.11 Å². The normalized spacial score (nSPS) is 22.0. The van der Waals surface area contributed by atoms with E-state index < -0.39 is 5.60 Å². The fourth-order valence-electron chi connectivity index (χ4n) is 4.61. The van der Waals surface area contributed by atoms with Gasteiger partial charge in [-0.15, -0.1) is 0 Å². The Hall–Kier alpha value is -2.58. The molecule has 1 aliphatic heterocycles. The summed E-state index contributed by atoms with van der Waals surface area (Å²) in [6, 6.07) is 0.358. The molecule has 9 heteroatoms. The summed E-state index contributed by atoms with van der Waals surface area (Å²) in [5.41, 5.74) is -0.0690. The third-order valence-corrected chi connectivity index (χ3v) is 6.54. The third kappa shape index (κ3) is 7.47. The van der Waals surface area contributed by atoms with Crippen LogP contribution in [0.15, 0.2) is 12.5 Å². The Bertz CT molecular complexity index is 815. The van der Waals surface area contributed by atoms with E-state index >= 15 is 0 Å². The highest BCUT2D eigenvalue weighted by Gasteiger charge is 2.28. The Morgan fingerprint density at radius 3 is 2.36 bits per heavy atom. The maximum Gasteiger partial charge on any atom is 0.410 e. The van der Waals surface area contributed by atoms with Crippen molar-refractivity contribution in [3.8, 4) is 0 Å². The van der Waals surface area contributed by atoms with E-state index in [0.29, 0.717) is 31.1 Å². The van der Waals surface area contributed by atoms with Crippen LogP contribution >= 0.6 is 0 Å². The van der Waals surface area contributed by atoms with Crippen LogP contribution in [0.3, 0.4) is 0 Å². The molecular formula is C24H38N4O5. The van der Waals surface area contributed by atoms with Crippen LogP contribution in [0.5, 0.6) is 0 Å².